The van der Waals surface area contributed by atoms with Gasteiger partial charge in [0, 0.05) is 33.5 Å². The molecular formula is C22H25Cl5O2. The van der Waals surface area contributed by atoms with E-state index >= 15 is 0 Å². The lowest BCUT2D eigenvalue weighted by atomic mass is 10.0. The molecule has 0 fully saturated rings. The summed E-state index contributed by atoms with van der Waals surface area (Å²) in [6.07, 6.45) is 1.00. The van der Waals surface area contributed by atoms with Crippen molar-refractivity contribution in [1.82, 2.24) is 0 Å². The maximum absolute atomic E-state index is 11.7. The van der Waals surface area contributed by atoms with E-state index in [2.05, 4.69) is 0 Å². The summed E-state index contributed by atoms with van der Waals surface area (Å²) < 4.78 is 0. The van der Waals surface area contributed by atoms with Gasteiger partial charge in [-0.25, -0.2) is 0 Å². The minimum Gasteiger partial charge on any atom is -0.294 e. The fourth-order valence-electron chi connectivity index (χ4n) is 1.98. The lowest BCUT2D eigenvalue weighted by Gasteiger charge is -2.05. The minimum atomic E-state index is -0.241. The zero-order valence-corrected chi connectivity index (χ0v) is 20.6. The molecule has 0 atom stereocenters. The predicted octanol–water partition coefficient (Wildman–Crippen LogP) is 9.01. The summed E-state index contributed by atoms with van der Waals surface area (Å²) in [7, 11) is 0. The van der Waals surface area contributed by atoms with Crippen LogP contribution >= 0.6 is 58.0 Å². The molecule has 0 heterocycles. The second-order valence-electron chi connectivity index (χ2n) is 7.04. The Morgan fingerprint density at radius 2 is 1.24 bits per heavy atom. The molecule has 0 N–H and O–H groups in total. The van der Waals surface area contributed by atoms with Crippen LogP contribution in [0.5, 0.6) is 0 Å². The van der Waals surface area contributed by atoms with Gasteiger partial charge in [0.15, 0.2) is 5.78 Å². The zero-order chi connectivity index (χ0) is 22.6. The highest BCUT2D eigenvalue weighted by atomic mass is 35.5. The van der Waals surface area contributed by atoms with Gasteiger partial charge in [-0.15, -0.1) is 0 Å². The summed E-state index contributed by atoms with van der Waals surface area (Å²) in [6, 6.07) is 12.0. The van der Waals surface area contributed by atoms with Crippen LogP contribution in [-0.4, -0.2) is 11.0 Å². The fraction of sp³-hybridized carbons (Fsp3) is 0.364. The number of Topliss-reactive ketones (excluding diaryl/α,β-unsaturated/α-hetero) is 1. The van der Waals surface area contributed by atoms with Gasteiger partial charge in [0.05, 0.1) is 5.02 Å². The average Bonchev–Trinajstić information content (AvgIpc) is 2.53. The Hall–Kier alpha value is -0.770. The molecule has 0 aromatic heterocycles. The van der Waals surface area contributed by atoms with Crippen molar-refractivity contribution in [3.8, 4) is 0 Å². The van der Waals surface area contributed by atoms with Crippen LogP contribution in [0.2, 0.25) is 20.1 Å². The standard InChI is InChI=1S/C11H12Cl2O.C6H4Cl2.C5H9ClO/c1-7(2)5-11(14)9-4-3-8(12)6-10(9)13;7-5-2-1-3-6(8)4-5;1-4(2)3-5(6)7/h3-4,6-7H,5H2,1-2H3;1-4H;4H,3H2,1-2H3. The normalized spacial score (nSPS) is 10.0. The Balaban J connectivity index is 0.000000444. The van der Waals surface area contributed by atoms with Gasteiger partial charge < -0.3 is 0 Å². The Morgan fingerprint density at radius 1 is 0.759 bits per heavy atom. The van der Waals surface area contributed by atoms with Crippen molar-refractivity contribution in [2.75, 3.05) is 0 Å². The first kappa shape index (κ1) is 28.2. The SMILES string of the molecule is CC(C)CC(=O)Cl.CC(C)CC(=O)c1ccc(Cl)cc1Cl.Clc1cccc(Cl)c1. The molecule has 0 aliphatic rings. The number of benzene rings is 2. The summed E-state index contributed by atoms with van der Waals surface area (Å²) in [5.41, 5.74) is 0.560. The molecule has 0 bridgehead atoms. The smallest absolute Gasteiger partial charge is 0.221 e. The molecule has 0 aliphatic carbocycles. The summed E-state index contributed by atoms with van der Waals surface area (Å²) in [6.45, 7) is 7.92. The largest absolute Gasteiger partial charge is 0.294 e. The molecule has 0 aliphatic heterocycles. The maximum atomic E-state index is 11.7. The second-order valence-corrected chi connectivity index (χ2v) is 9.18. The molecule has 2 rings (SSSR count). The maximum Gasteiger partial charge on any atom is 0.221 e. The third kappa shape index (κ3) is 14.8. The number of halogens is 5. The van der Waals surface area contributed by atoms with E-state index in [4.69, 9.17) is 58.0 Å². The van der Waals surface area contributed by atoms with Gasteiger partial charge in [-0.1, -0.05) is 80.2 Å². The van der Waals surface area contributed by atoms with Crippen LogP contribution in [0.1, 0.15) is 50.9 Å². The van der Waals surface area contributed by atoms with Crippen LogP contribution in [0.25, 0.3) is 0 Å². The van der Waals surface area contributed by atoms with Crippen molar-refractivity contribution in [3.05, 3.63) is 68.1 Å². The van der Waals surface area contributed by atoms with Crippen molar-refractivity contribution < 1.29 is 9.59 Å². The van der Waals surface area contributed by atoms with Gasteiger partial charge in [-0.3, -0.25) is 9.59 Å². The van der Waals surface area contributed by atoms with Crippen molar-refractivity contribution in [2.24, 2.45) is 11.8 Å². The lowest BCUT2D eigenvalue weighted by molar-refractivity contribution is -0.112. The van der Waals surface area contributed by atoms with Crippen LogP contribution < -0.4 is 0 Å². The molecule has 2 nitrogen and oxygen atoms in total. The number of carbonyl (C=O) groups is 2. The third-order valence-corrected chi connectivity index (χ3v) is 4.35. The minimum absolute atomic E-state index is 0.0710. The van der Waals surface area contributed by atoms with E-state index in [-0.39, 0.29) is 11.0 Å². The molecule has 29 heavy (non-hydrogen) atoms. The van der Waals surface area contributed by atoms with Crippen LogP contribution in [0.4, 0.5) is 0 Å². The monoisotopic (exact) mass is 496 g/mol. The van der Waals surface area contributed by atoms with Crippen LogP contribution in [-0.2, 0) is 4.79 Å². The molecule has 0 amide bonds. The number of hydrogen-bond acceptors (Lipinski definition) is 2. The van der Waals surface area contributed by atoms with Crippen LogP contribution in [0, 0.1) is 11.8 Å². The summed E-state index contributed by atoms with van der Waals surface area (Å²) in [5, 5.41) is 2.10. The lowest BCUT2D eigenvalue weighted by Crippen LogP contribution is -2.03. The van der Waals surface area contributed by atoms with Gasteiger partial charge in [0.1, 0.15) is 0 Å². The molecule has 0 spiro atoms. The Bertz CT molecular complexity index is 771. The summed E-state index contributed by atoms with van der Waals surface area (Å²) in [4.78, 5) is 21.7. The summed E-state index contributed by atoms with van der Waals surface area (Å²) >= 11 is 27.8. The topological polar surface area (TPSA) is 34.1 Å². The van der Waals surface area contributed by atoms with E-state index in [1.165, 1.54) is 0 Å². The highest BCUT2D eigenvalue weighted by Crippen LogP contribution is 2.23. The first-order chi connectivity index (χ1) is 13.4. The van der Waals surface area contributed by atoms with Gasteiger partial charge >= 0.3 is 0 Å². The van der Waals surface area contributed by atoms with Gasteiger partial charge in [-0.2, -0.15) is 0 Å². The van der Waals surface area contributed by atoms with Crippen molar-refractivity contribution in [3.63, 3.8) is 0 Å². The van der Waals surface area contributed by atoms with E-state index in [0.29, 0.717) is 50.3 Å². The van der Waals surface area contributed by atoms with Gasteiger partial charge in [0.2, 0.25) is 5.24 Å². The first-order valence-electron chi connectivity index (χ1n) is 9.00. The van der Waals surface area contributed by atoms with E-state index in [1.54, 1.807) is 36.4 Å². The first-order valence-corrected chi connectivity index (χ1v) is 10.9. The number of rotatable bonds is 5. The second kappa shape index (κ2) is 15.1. The molecule has 0 saturated heterocycles. The molecular weight excluding hydrogens is 474 g/mol. The van der Waals surface area contributed by atoms with Crippen molar-refractivity contribution in [2.45, 2.75) is 40.5 Å². The highest BCUT2D eigenvalue weighted by molar-refractivity contribution is 6.63. The number of hydrogen-bond donors (Lipinski definition) is 0. The Morgan fingerprint density at radius 3 is 1.55 bits per heavy atom. The van der Waals surface area contributed by atoms with Crippen LogP contribution in [0.15, 0.2) is 42.5 Å². The Labute approximate surface area is 198 Å². The van der Waals surface area contributed by atoms with E-state index in [1.807, 2.05) is 33.8 Å². The number of carbonyl (C=O) groups excluding carboxylic acids is 2. The molecule has 0 unspecified atom stereocenters. The molecule has 7 heteroatoms. The molecule has 2 aromatic carbocycles. The van der Waals surface area contributed by atoms with E-state index in [9.17, 15) is 9.59 Å². The van der Waals surface area contributed by atoms with E-state index < -0.39 is 0 Å². The quantitative estimate of drug-likeness (QED) is 0.304. The highest BCUT2D eigenvalue weighted by Gasteiger charge is 2.11. The predicted molar refractivity (Wildman–Crippen MR) is 127 cm³/mol. The summed E-state index contributed by atoms with van der Waals surface area (Å²) in [5.74, 6) is 0.806. The third-order valence-electron chi connectivity index (χ3n) is 3.18. The molecule has 0 saturated carbocycles. The number of ketones is 1. The van der Waals surface area contributed by atoms with Crippen molar-refractivity contribution in [1.29, 1.82) is 0 Å². The molecule has 160 valence electrons. The zero-order valence-electron chi connectivity index (χ0n) is 16.8. The van der Waals surface area contributed by atoms with Gasteiger partial charge in [0.25, 0.3) is 0 Å². The van der Waals surface area contributed by atoms with Crippen LogP contribution in [0.3, 0.4) is 0 Å². The van der Waals surface area contributed by atoms with E-state index in [0.717, 1.165) is 0 Å². The van der Waals surface area contributed by atoms with Crippen molar-refractivity contribution >= 4 is 69.0 Å². The Kier molecular flexibility index (Phi) is 14.7. The molecule has 0 radical (unpaired) electrons. The average molecular weight is 499 g/mol. The van der Waals surface area contributed by atoms with Gasteiger partial charge in [-0.05, 0) is 59.8 Å². The fourth-order valence-corrected chi connectivity index (χ4v) is 3.24. The molecule has 2 aromatic rings.